The predicted molar refractivity (Wildman–Crippen MR) is 135 cm³/mol. The zero-order chi connectivity index (χ0) is 14.9. The van der Waals surface area contributed by atoms with E-state index in [0.717, 1.165) is 58.8 Å². The molecule has 0 saturated heterocycles. The Morgan fingerprint density at radius 3 is 1.40 bits per heavy atom. The smallest absolute Gasteiger partial charge is 0.0468 e. The van der Waals surface area contributed by atoms with Crippen molar-refractivity contribution in [2.24, 2.45) is 5.92 Å². The van der Waals surface area contributed by atoms with Crippen LogP contribution in [0.5, 0.6) is 0 Å². The van der Waals surface area contributed by atoms with Crippen LogP contribution in [0.4, 0.5) is 0 Å². The Bertz CT molecular complexity index is 198. The van der Waals surface area contributed by atoms with Gasteiger partial charge in [0, 0.05) is 6.61 Å². The largest absolute Gasteiger partial charge is 0.396 e. The second-order valence-corrected chi connectivity index (χ2v) is 5.41. The van der Waals surface area contributed by atoms with Crippen LogP contribution in [0.15, 0.2) is 0 Å². The number of hydrogen-bond donors (Lipinski definition) is 5. The quantitative estimate of drug-likeness (QED) is 0.170. The molecule has 5 nitrogen and oxygen atoms in total. The third kappa shape index (κ3) is 37.2. The number of nitrogens with one attached hydrogen (secondary N) is 4. The topological polar surface area (TPSA) is 68.3 Å². The van der Waals surface area contributed by atoms with Gasteiger partial charge < -0.3 is 26.4 Å². The molecule has 9 heteroatoms. The molecule has 0 rings (SSSR count). The average Bonchev–Trinajstić information content (AvgIpc) is 2.47. The highest BCUT2D eigenvalue weighted by atomic mass is 79.9. The van der Waals surface area contributed by atoms with Crippen LogP contribution in [-0.4, -0.2) is 64.1 Å². The first-order chi connectivity index (χ1) is 9.81. The zero-order valence-corrected chi connectivity index (χ0v) is 22.0. The second kappa shape index (κ2) is 36.6. The van der Waals surface area contributed by atoms with E-state index in [1.807, 2.05) is 0 Å². The van der Waals surface area contributed by atoms with Gasteiger partial charge in [-0.3, -0.25) is 0 Å². The Balaban J connectivity index is -0.000000180. The van der Waals surface area contributed by atoms with E-state index in [9.17, 15) is 0 Å². The minimum absolute atomic E-state index is 0. The summed E-state index contributed by atoms with van der Waals surface area (Å²) in [5.41, 5.74) is 0. The number of aliphatic hydroxyl groups is 1. The molecule has 0 aromatic heterocycles. The van der Waals surface area contributed by atoms with Crippen molar-refractivity contribution in [3.05, 3.63) is 0 Å². The molecule has 0 heterocycles. The lowest BCUT2D eigenvalue weighted by molar-refractivity contribution is 0.234. The summed E-state index contributed by atoms with van der Waals surface area (Å²) in [5.74, 6) is 0.363. The Hall–Kier alpha value is 1.72. The zero-order valence-electron chi connectivity index (χ0n) is 15.1. The highest BCUT2D eigenvalue weighted by Gasteiger charge is 1.97. The van der Waals surface area contributed by atoms with Gasteiger partial charge in [0.25, 0.3) is 0 Å². The van der Waals surface area contributed by atoms with Gasteiger partial charge in [-0.15, -0.1) is 67.9 Å². The molecule has 0 aliphatic heterocycles. The fraction of sp³-hybridized carbons (Fsp3) is 1.00. The SMILES string of the molecule is Br.Br.Br.Br.C.CCNCCCNCCCNCCCNC[C@H](C)CO. The van der Waals surface area contributed by atoms with Crippen LogP contribution in [0.1, 0.15) is 40.5 Å². The molecule has 0 radical (unpaired) electrons. The van der Waals surface area contributed by atoms with E-state index in [4.69, 9.17) is 5.11 Å². The summed E-state index contributed by atoms with van der Waals surface area (Å²) in [4.78, 5) is 0. The van der Waals surface area contributed by atoms with Crippen LogP contribution in [-0.2, 0) is 0 Å². The lowest BCUT2D eigenvalue weighted by Gasteiger charge is -2.10. The van der Waals surface area contributed by atoms with Crippen molar-refractivity contribution in [1.82, 2.24) is 21.3 Å². The highest BCUT2D eigenvalue weighted by Crippen LogP contribution is 1.88. The number of halogens is 4. The van der Waals surface area contributed by atoms with Gasteiger partial charge in [-0.2, -0.15) is 0 Å². The van der Waals surface area contributed by atoms with Crippen LogP contribution in [0.3, 0.4) is 0 Å². The van der Waals surface area contributed by atoms with Crippen LogP contribution in [0.25, 0.3) is 0 Å². The highest BCUT2D eigenvalue weighted by molar-refractivity contribution is 8.93. The lowest BCUT2D eigenvalue weighted by atomic mass is 10.2. The first kappa shape index (κ1) is 41.2. The van der Waals surface area contributed by atoms with Gasteiger partial charge in [0.2, 0.25) is 0 Å². The Morgan fingerprint density at radius 2 is 1.04 bits per heavy atom. The van der Waals surface area contributed by atoms with E-state index < -0.39 is 0 Å². The molecular formula is C16H44Br4N4O. The summed E-state index contributed by atoms with van der Waals surface area (Å²) in [6.07, 6.45) is 3.55. The van der Waals surface area contributed by atoms with Crippen molar-refractivity contribution in [2.75, 3.05) is 59.0 Å². The van der Waals surface area contributed by atoms with E-state index in [0.29, 0.717) is 5.92 Å². The van der Waals surface area contributed by atoms with Crippen LogP contribution in [0.2, 0.25) is 0 Å². The van der Waals surface area contributed by atoms with Crippen molar-refractivity contribution in [2.45, 2.75) is 40.5 Å². The maximum atomic E-state index is 8.88. The van der Waals surface area contributed by atoms with Gasteiger partial charge >= 0.3 is 0 Å². The predicted octanol–water partition coefficient (Wildman–Crippen LogP) is 3.11. The van der Waals surface area contributed by atoms with Crippen molar-refractivity contribution in [3.63, 3.8) is 0 Å². The molecule has 0 fully saturated rings. The van der Waals surface area contributed by atoms with E-state index in [2.05, 4.69) is 35.1 Å². The summed E-state index contributed by atoms with van der Waals surface area (Å²) >= 11 is 0. The number of aliphatic hydroxyl groups excluding tert-OH is 1. The van der Waals surface area contributed by atoms with Crippen molar-refractivity contribution >= 4 is 67.9 Å². The minimum Gasteiger partial charge on any atom is -0.396 e. The molecule has 0 aliphatic rings. The van der Waals surface area contributed by atoms with Crippen molar-refractivity contribution in [1.29, 1.82) is 0 Å². The van der Waals surface area contributed by atoms with E-state index in [-0.39, 0.29) is 82.0 Å². The third-order valence-electron chi connectivity index (χ3n) is 3.18. The fourth-order valence-corrected chi connectivity index (χ4v) is 1.85. The average molecular weight is 628 g/mol. The van der Waals surface area contributed by atoms with Gasteiger partial charge in [0.05, 0.1) is 0 Å². The fourth-order valence-electron chi connectivity index (χ4n) is 1.85. The van der Waals surface area contributed by atoms with Crippen molar-refractivity contribution in [3.8, 4) is 0 Å². The standard InChI is InChI=1S/C15H36N4O.CH4.4BrH/c1-3-16-7-4-8-17-9-5-10-18-11-6-12-19-13-15(2)14-20;;;;;/h15-20H,3-14H2,1-2H3;1H4;4*1H/t15-;;;;;/m0...../s1. The normalized spacial score (nSPS) is 10.2. The molecule has 0 spiro atoms. The molecule has 0 aromatic carbocycles. The molecule has 162 valence electrons. The minimum atomic E-state index is 0. The Kier molecular flexibility index (Phi) is 60.3. The molecule has 0 bridgehead atoms. The van der Waals surface area contributed by atoms with Crippen LogP contribution in [0, 0.1) is 5.92 Å². The number of hydrogen-bond acceptors (Lipinski definition) is 5. The summed E-state index contributed by atoms with van der Waals surface area (Å²) in [5, 5.41) is 22.5. The van der Waals surface area contributed by atoms with E-state index in [1.54, 1.807) is 0 Å². The second-order valence-electron chi connectivity index (χ2n) is 5.41. The first-order valence-corrected chi connectivity index (χ1v) is 8.25. The lowest BCUT2D eigenvalue weighted by Crippen LogP contribution is -2.28. The molecular weight excluding hydrogens is 584 g/mol. The summed E-state index contributed by atoms with van der Waals surface area (Å²) < 4.78 is 0. The Labute approximate surface area is 198 Å². The molecule has 25 heavy (non-hydrogen) atoms. The number of rotatable bonds is 16. The maximum Gasteiger partial charge on any atom is 0.0468 e. The van der Waals surface area contributed by atoms with Gasteiger partial charge in [-0.25, -0.2) is 0 Å². The van der Waals surface area contributed by atoms with Crippen LogP contribution < -0.4 is 21.3 Å². The van der Waals surface area contributed by atoms with E-state index in [1.165, 1.54) is 12.8 Å². The van der Waals surface area contributed by atoms with Gasteiger partial charge in [-0.1, -0.05) is 21.3 Å². The monoisotopic (exact) mass is 624 g/mol. The van der Waals surface area contributed by atoms with Gasteiger partial charge in [0.1, 0.15) is 0 Å². The van der Waals surface area contributed by atoms with E-state index >= 15 is 0 Å². The van der Waals surface area contributed by atoms with Gasteiger partial charge in [0.15, 0.2) is 0 Å². The third-order valence-corrected chi connectivity index (χ3v) is 3.18. The van der Waals surface area contributed by atoms with Crippen molar-refractivity contribution < 1.29 is 5.11 Å². The molecule has 1 atom stereocenters. The molecule has 5 N–H and O–H groups in total. The molecule has 0 saturated carbocycles. The summed E-state index contributed by atoms with van der Waals surface area (Å²) in [6, 6.07) is 0. The molecule has 0 aliphatic carbocycles. The first-order valence-electron chi connectivity index (χ1n) is 8.25. The van der Waals surface area contributed by atoms with Crippen LogP contribution >= 0.6 is 67.9 Å². The Morgan fingerprint density at radius 1 is 0.680 bits per heavy atom. The summed E-state index contributed by atoms with van der Waals surface area (Å²) in [6.45, 7) is 13.0. The summed E-state index contributed by atoms with van der Waals surface area (Å²) in [7, 11) is 0. The molecule has 0 amide bonds. The molecule has 0 aromatic rings. The maximum absolute atomic E-state index is 8.88. The molecule has 0 unspecified atom stereocenters. The van der Waals surface area contributed by atoms with Gasteiger partial charge in [-0.05, 0) is 77.5 Å².